The molecule has 0 atom stereocenters. The van der Waals surface area contributed by atoms with Gasteiger partial charge in [0.2, 0.25) is 0 Å². The summed E-state index contributed by atoms with van der Waals surface area (Å²) in [5.74, 6) is 0.762. The Morgan fingerprint density at radius 3 is 2.16 bits per heavy atom. The van der Waals surface area contributed by atoms with Crippen LogP contribution in [0.3, 0.4) is 0 Å². The number of fused-ring (bicyclic) bond motifs is 11. The van der Waals surface area contributed by atoms with E-state index in [-0.39, 0.29) is 0 Å². The third-order valence-corrected chi connectivity index (χ3v) is 12.1. The highest BCUT2D eigenvalue weighted by Crippen LogP contribution is 2.44. The molecule has 5 heteroatoms. The van der Waals surface area contributed by atoms with Gasteiger partial charge in [0.15, 0.2) is 5.82 Å². The van der Waals surface area contributed by atoms with Crippen LogP contribution in [0, 0.1) is 0 Å². The third-order valence-electron chi connectivity index (χ3n) is 9.81. The SMILES string of the molecule is c1ccc(-c2nc(-c3cccc4sc5cc(-n6c7ccccc7c7ccc8ccccc8c76)ccc5c34)nc3c2sc2ccccc23)cc1. The van der Waals surface area contributed by atoms with Crippen molar-refractivity contribution in [2.24, 2.45) is 0 Å². The minimum atomic E-state index is 0.762. The van der Waals surface area contributed by atoms with E-state index in [4.69, 9.17) is 9.97 Å². The van der Waals surface area contributed by atoms with E-state index in [0.717, 1.165) is 38.5 Å². The fraction of sp³-hybridized carbons (Fsp3) is 0. The molecular formula is C44H25N3S2. The first-order valence-corrected chi connectivity index (χ1v) is 18.1. The van der Waals surface area contributed by atoms with Gasteiger partial charge in [-0.2, -0.15) is 0 Å². The van der Waals surface area contributed by atoms with Gasteiger partial charge in [-0.05, 0) is 35.7 Å². The first-order chi connectivity index (χ1) is 24.3. The summed E-state index contributed by atoms with van der Waals surface area (Å²) >= 11 is 3.61. The lowest BCUT2D eigenvalue weighted by atomic mass is 10.0. The van der Waals surface area contributed by atoms with E-state index in [1.54, 1.807) is 11.3 Å². The monoisotopic (exact) mass is 659 g/mol. The molecule has 4 heterocycles. The Morgan fingerprint density at radius 1 is 0.490 bits per heavy atom. The summed E-state index contributed by atoms with van der Waals surface area (Å²) in [5, 5.41) is 8.66. The predicted molar refractivity (Wildman–Crippen MR) is 211 cm³/mol. The lowest BCUT2D eigenvalue weighted by Gasteiger charge is -2.11. The number of hydrogen-bond donors (Lipinski definition) is 0. The summed E-state index contributed by atoms with van der Waals surface area (Å²) in [7, 11) is 0. The van der Waals surface area contributed by atoms with Gasteiger partial charge in [-0.15, -0.1) is 22.7 Å². The molecule has 7 aromatic carbocycles. The summed E-state index contributed by atoms with van der Waals surface area (Å²) < 4.78 is 7.28. The summed E-state index contributed by atoms with van der Waals surface area (Å²) in [5.41, 5.74) is 7.80. The maximum Gasteiger partial charge on any atom is 0.161 e. The molecule has 0 aliphatic heterocycles. The van der Waals surface area contributed by atoms with Gasteiger partial charge in [0, 0.05) is 63.2 Å². The zero-order chi connectivity index (χ0) is 32.1. The fourth-order valence-corrected chi connectivity index (χ4v) is 9.96. The van der Waals surface area contributed by atoms with Crippen molar-refractivity contribution < 1.29 is 0 Å². The average molecular weight is 660 g/mol. The van der Waals surface area contributed by atoms with Crippen LogP contribution in [0.25, 0.3) is 101 Å². The Labute approximate surface area is 289 Å². The van der Waals surface area contributed by atoms with Gasteiger partial charge in [-0.25, -0.2) is 9.97 Å². The number of para-hydroxylation sites is 1. The molecule has 0 N–H and O–H groups in total. The van der Waals surface area contributed by atoms with Crippen molar-refractivity contribution in [1.29, 1.82) is 0 Å². The Kier molecular flexibility index (Phi) is 5.70. The molecule has 0 spiro atoms. The van der Waals surface area contributed by atoms with Crippen LogP contribution < -0.4 is 0 Å². The van der Waals surface area contributed by atoms with E-state index in [2.05, 4.69) is 156 Å². The van der Waals surface area contributed by atoms with Crippen molar-refractivity contribution in [3.63, 3.8) is 0 Å². The van der Waals surface area contributed by atoms with E-state index in [1.165, 1.54) is 62.8 Å². The van der Waals surface area contributed by atoms with Crippen LogP contribution in [0.2, 0.25) is 0 Å². The minimum absolute atomic E-state index is 0.762. The van der Waals surface area contributed by atoms with E-state index in [9.17, 15) is 0 Å². The molecule has 0 aliphatic carbocycles. The molecule has 0 saturated heterocycles. The van der Waals surface area contributed by atoms with Crippen molar-refractivity contribution in [3.8, 4) is 28.3 Å². The van der Waals surface area contributed by atoms with Gasteiger partial charge in [0.25, 0.3) is 0 Å². The van der Waals surface area contributed by atoms with Gasteiger partial charge >= 0.3 is 0 Å². The molecule has 3 nitrogen and oxygen atoms in total. The highest BCUT2D eigenvalue weighted by Gasteiger charge is 2.20. The number of nitrogens with zero attached hydrogens (tertiary/aromatic N) is 3. The molecule has 49 heavy (non-hydrogen) atoms. The van der Waals surface area contributed by atoms with E-state index in [1.807, 2.05) is 11.3 Å². The molecule has 0 fully saturated rings. The maximum atomic E-state index is 5.33. The van der Waals surface area contributed by atoms with Crippen LogP contribution in [-0.2, 0) is 0 Å². The van der Waals surface area contributed by atoms with Crippen LogP contribution in [-0.4, -0.2) is 14.5 Å². The second-order valence-electron chi connectivity index (χ2n) is 12.5. The Hall–Kier alpha value is -5.88. The second kappa shape index (κ2) is 10.3. The van der Waals surface area contributed by atoms with Gasteiger partial charge in [-0.3, -0.25) is 0 Å². The van der Waals surface area contributed by atoms with Crippen molar-refractivity contribution in [1.82, 2.24) is 14.5 Å². The number of thiophene rings is 2. The van der Waals surface area contributed by atoms with Gasteiger partial charge in [-0.1, -0.05) is 121 Å². The molecule has 0 radical (unpaired) electrons. The van der Waals surface area contributed by atoms with Gasteiger partial charge < -0.3 is 4.57 Å². The van der Waals surface area contributed by atoms with Crippen molar-refractivity contribution in [2.75, 3.05) is 0 Å². The highest BCUT2D eigenvalue weighted by atomic mass is 32.1. The molecule has 0 unspecified atom stereocenters. The average Bonchev–Trinajstić information content (AvgIpc) is 3.84. The molecule has 4 aromatic heterocycles. The third kappa shape index (κ3) is 3.94. The Balaban J connectivity index is 1.17. The van der Waals surface area contributed by atoms with E-state index >= 15 is 0 Å². The summed E-state index contributed by atoms with van der Waals surface area (Å²) in [6.45, 7) is 0. The van der Waals surface area contributed by atoms with Crippen molar-refractivity contribution in [3.05, 3.63) is 152 Å². The van der Waals surface area contributed by atoms with Crippen LogP contribution in [0.5, 0.6) is 0 Å². The first kappa shape index (κ1) is 27.1. The number of hydrogen-bond acceptors (Lipinski definition) is 4. The minimum Gasteiger partial charge on any atom is -0.309 e. The van der Waals surface area contributed by atoms with Gasteiger partial charge in [0.1, 0.15) is 0 Å². The summed E-state index contributed by atoms with van der Waals surface area (Å²) in [6.07, 6.45) is 0. The molecule has 0 aliphatic rings. The summed E-state index contributed by atoms with van der Waals surface area (Å²) in [6, 6.07) is 54.6. The van der Waals surface area contributed by atoms with Crippen LogP contribution in [0.1, 0.15) is 0 Å². The Bertz CT molecular complexity index is 3110. The van der Waals surface area contributed by atoms with Crippen LogP contribution in [0.15, 0.2) is 152 Å². The lowest BCUT2D eigenvalue weighted by Crippen LogP contribution is -1.95. The Morgan fingerprint density at radius 2 is 1.24 bits per heavy atom. The lowest BCUT2D eigenvalue weighted by molar-refractivity contribution is 1.19. The van der Waals surface area contributed by atoms with Crippen molar-refractivity contribution >= 4 is 95.7 Å². The largest absolute Gasteiger partial charge is 0.309 e. The molecule has 228 valence electrons. The zero-order valence-electron chi connectivity index (χ0n) is 26.1. The number of benzene rings is 7. The maximum absolute atomic E-state index is 5.33. The predicted octanol–water partition coefficient (Wildman–Crippen LogP) is 12.8. The zero-order valence-corrected chi connectivity index (χ0v) is 27.7. The smallest absolute Gasteiger partial charge is 0.161 e. The van der Waals surface area contributed by atoms with Crippen molar-refractivity contribution in [2.45, 2.75) is 0 Å². The van der Waals surface area contributed by atoms with Crippen LogP contribution >= 0.6 is 22.7 Å². The standard InChI is InChI=1S/C44H25N3S2/c1-2-12-27(13-3-1)40-43-41(33-16-7-9-19-36(33)49-43)46-44(45-40)34-17-10-20-37-39(34)32-24-22-28(25-38(32)48-37)47-35-18-8-6-15-30(35)31-23-21-26-11-4-5-14-29(26)42(31)47/h1-25H. The molecule has 11 aromatic rings. The molecule has 11 rings (SSSR count). The molecule has 0 saturated carbocycles. The van der Waals surface area contributed by atoms with Gasteiger partial charge in [0.05, 0.1) is 26.9 Å². The van der Waals surface area contributed by atoms with E-state index < -0.39 is 0 Å². The fourth-order valence-electron chi connectivity index (χ4n) is 7.64. The summed E-state index contributed by atoms with van der Waals surface area (Å²) in [4.78, 5) is 10.6. The highest BCUT2D eigenvalue weighted by molar-refractivity contribution is 7.26. The molecule has 0 amide bonds. The van der Waals surface area contributed by atoms with E-state index in [0.29, 0.717) is 0 Å². The normalized spacial score (nSPS) is 12.1. The quantitative estimate of drug-likeness (QED) is 0.189. The van der Waals surface area contributed by atoms with Crippen LogP contribution in [0.4, 0.5) is 0 Å². The topological polar surface area (TPSA) is 30.7 Å². The molecular weight excluding hydrogens is 635 g/mol. The number of aromatic nitrogens is 3. The molecule has 0 bridgehead atoms. The first-order valence-electron chi connectivity index (χ1n) is 16.4. The second-order valence-corrected chi connectivity index (χ2v) is 14.7. The number of rotatable bonds is 3.